The molecule has 0 radical (unpaired) electrons. The number of nitrogens with zero attached hydrogens (tertiary/aromatic N) is 1. The number of carbonyl (C=O) groups excluding carboxylic acids is 1. The van der Waals surface area contributed by atoms with Crippen LogP contribution < -0.4 is 19.1 Å². The van der Waals surface area contributed by atoms with E-state index in [0.717, 1.165) is 29.0 Å². The van der Waals surface area contributed by atoms with Gasteiger partial charge in [-0.3, -0.25) is 9.10 Å². The number of hydrogen-bond donors (Lipinski definition) is 1. The molecule has 2 aromatic rings. The second-order valence-corrected chi connectivity index (χ2v) is 10.6. The molecule has 178 valence electrons. The second kappa shape index (κ2) is 9.63. The van der Waals surface area contributed by atoms with Crippen molar-refractivity contribution in [2.45, 2.75) is 58.0 Å². The summed E-state index contributed by atoms with van der Waals surface area (Å²) < 4.78 is 37.7. The minimum atomic E-state index is -3.73. The molecule has 2 aliphatic rings. The molecule has 0 unspecified atom stereocenters. The average Bonchev–Trinajstić information content (AvgIpc) is 2.81. The maximum absolute atomic E-state index is 13.3. The summed E-state index contributed by atoms with van der Waals surface area (Å²) in [5.41, 5.74) is 4.17. The summed E-state index contributed by atoms with van der Waals surface area (Å²) in [6.45, 7) is 4.46. The molecule has 0 aromatic heterocycles. The van der Waals surface area contributed by atoms with Gasteiger partial charge in [0, 0.05) is 6.07 Å². The van der Waals surface area contributed by atoms with E-state index >= 15 is 0 Å². The summed E-state index contributed by atoms with van der Waals surface area (Å²) in [5.74, 6) is 0.689. The number of carbonyl (C=O) groups is 1. The van der Waals surface area contributed by atoms with E-state index in [1.54, 1.807) is 25.1 Å². The zero-order valence-electron chi connectivity index (χ0n) is 19.5. The molecular weight excluding hydrogens is 440 g/mol. The van der Waals surface area contributed by atoms with Gasteiger partial charge < -0.3 is 14.8 Å². The van der Waals surface area contributed by atoms with Gasteiger partial charge in [0.2, 0.25) is 15.9 Å². The van der Waals surface area contributed by atoms with Crippen LogP contribution in [-0.4, -0.2) is 39.8 Å². The normalized spacial score (nSPS) is 16.9. The number of aryl methyl sites for hydroxylation is 2. The zero-order valence-corrected chi connectivity index (χ0v) is 20.3. The number of nitrogens with one attached hydrogen (secondary N) is 1. The number of hydrogen-bond acceptors (Lipinski definition) is 5. The van der Waals surface area contributed by atoms with Crippen molar-refractivity contribution in [1.82, 2.24) is 5.32 Å². The number of rotatable bonds is 7. The van der Waals surface area contributed by atoms with Gasteiger partial charge in [-0.15, -0.1) is 0 Å². The van der Waals surface area contributed by atoms with Gasteiger partial charge in [-0.25, -0.2) is 8.42 Å². The first kappa shape index (κ1) is 23.4. The van der Waals surface area contributed by atoms with Crippen LogP contribution in [0.2, 0.25) is 0 Å². The molecule has 1 aliphatic carbocycles. The Morgan fingerprint density at radius 2 is 1.73 bits per heavy atom. The Morgan fingerprint density at radius 3 is 2.42 bits per heavy atom. The van der Waals surface area contributed by atoms with E-state index in [1.165, 1.54) is 24.0 Å². The minimum absolute atomic E-state index is 0.186. The van der Waals surface area contributed by atoms with Crippen LogP contribution in [0.15, 0.2) is 36.4 Å². The Morgan fingerprint density at radius 1 is 1.03 bits per heavy atom. The molecule has 2 atom stereocenters. The van der Waals surface area contributed by atoms with Crippen molar-refractivity contribution in [3.8, 4) is 11.5 Å². The Labute approximate surface area is 196 Å². The van der Waals surface area contributed by atoms with Crippen LogP contribution in [0, 0.1) is 0 Å². The average molecular weight is 473 g/mol. The van der Waals surface area contributed by atoms with E-state index in [4.69, 9.17) is 9.47 Å². The highest BCUT2D eigenvalue weighted by Crippen LogP contribution is 2.35. The Hall–Kier alpha value is -2.74. The molecule has 1 N–H and O–H groups in total. The minimum Gasteiger partial charge on any atom is -0.486 e. The number of amides is 1. The maximum atomic E-state index is 13.3. The van der Waals surface area contributed by atoms with E-state index in [1.807, 2.05) is 6.92 Å². The zero-order chi connectivity index (χ0) is 23.6. The lowest BCUT2D eigenvalue weighted by Crippen LogP contribution is -2.48. The fraction of sp³-hybridized carbons (Fsp3) is 0.480. The molecule has 1 amide bonds. The van der Waals surface area contributed by atoms with Crippen molar-refractivity contribution >= 4 is 21.6 Å². The van der Waals surface area contributed by atoms with Crippen LogP contribution in [0.3, 0.4) is 0 Å². The lowest BCUT2D eigenvalue weighted by Gasteiger charge is -2.31. The standard InChI is InChI=1S/C25H32N2O5S/c1-4-22(20-10-9-18-7-5-6-8-19(18)15-20)26-25(28)17(2)27(33(3,29)30)21-11-12-23-24(16-21)32-14-13-31-23/h9-12,15-17,22H,4-8,13-14H2,1-3H3,(H,26,28)/t17-,22-/m0/s1. The molecule has 33 heavy (non-hydrogen) atoms. The number of ether oxygens (including phenoxy) is 2. The van der Waals surface area contributed by atoms with E-state index in [9.17, 15) is 13.2 Å². The SMILES string of the molecule is CC[C@H](NC(=O)[C@H](C)N(c1ccc2c(c1)OCCO2)S(C)(=O)=O)c1ccc2c(c1)CCCC2. The topological polar surface area (TPSA) is 84.9 Å². The van der Waals surface area contributed by atoms with Crippen LogP contribution in [0.4, 0.5) is 5.69 Å². The quantitative estimate of drug-likeness (QED) is 0.663. The highest BCUT2D eigenvalue weighted by atomic mass is 32.2. The van der Waals surface area contributed by atoms with Gasteiger partial charge in [0.15, 0.2) is 11.5 Å². The number of benzene rings is 2. The lowest BCUT2D eigenvalue weighted by molar-refractivity contribution is -0.122. The first-order chi connectivity index (χ1) is 15.8. The monoisotopic (exact) mass is 472 g/mol. The third kappa shape index (κ3) is 5.11. The van der Waals surface area contributed by atoms with Crippen LogP contribution in [-0.2, 0) is 27.7 Å². The summed E-state index contributed by atoms with van der Waals surface area (Å²) in [4.78, 5) is 13.3. The van der Waals surface area contributed by atoms with Gasteiger partial charge in [-0.1, -0.05) is 25.1 Å². The number of anilines is 1. The van der Waals surface area contributed by atoms with Gasteiger partial charge in [0.25, 0.3) is 0 Å². The third-order valence-electron chi connectivity index (χ3n) is 6.37. The van der Waals surface area contributed by atoms with Gasteiger partial charge in [-0.2, -0.15) is 0 Å². The van der Waals surface area contributed by atoms with Crippen LogP contribution in [0.5, 0.6) is 11.5 Å². The van der Waals surface area contributed by atoms with Crippen LogP contribution >= 0.6 is 0 Å². The third-order valence-corrected chi connectivity index (χ3v) is 7.61. The molecule has 1 aliphatic heterocycles. The Bertz CT molecular complexity index is 1130. The predicted molar refractivity (Wildman–Crippen MR) is 128 cm³/mol. The molecule has 0 spiro atoms. The van der Waals surface area contributed by atoms with Crippen molar-refractivity contribution in [2.24, 2.45) is 0 Å². The predicted octanol–water partition coefficient (Wildman–Crippen LogP) is 3.76. The molecule has 1 heterocycles. The summed E-state index contributed by atoms with van der Waals surface area (Å²) >= 11 is 0. The Balaban J connectivity index is 1.56. The van der Waals surface area contributed by atoms with Crippen molar-refractivity contribution < 1.29 is 22.7 Å². The van der Waals surface area contributed by atoms with Crippen LogP contribution in [0.25, 0.3) is 0 Å². The van der Waals surface area contributed by atoms with Gasteiger partial charge in [-0.05, 0) is 67.9 Å². The fourth-order valence-corrected chi connectivity index (χ4v) is 5.83. The summed E-state index contributed by atoms with van der Waals surface area (Å²) in [6, 6.07) is 10.2. The Kier molecular flexibility index (Phi) is 6.83. The van der Waals surface area contributed by atoms with Crippen molar-refractivity contribution in [1.29, 1.82) is 0 Å². The van der Waals surface area contributed by atoms with E-state index in [-0.39, 0.29) is 11.9 Å². The highest BCUT2D eigenvalue weighted by Gasteiger charge is 2.31. The molecule has 2 aromatic carbocycles. The van der Waals surface area contributed by atoms with Gasteiger partial charge in [0.05, 0.1) is 18.0 Å². The number of fused-ring (bicyclic) bond motifs is 2. The first-order valence-corrected chi connectivity index (χ1v) is 13.4. The van der Waals surface area contributed by atoms with Crippen molar-refractivity contribution in [3.05, 3.63) is 53.1 Å². The molecule has 8 heteroatoms. The van der Waals surface area contributed by atoms with Crippen molar-refractivity contribution in [3.63, 3.8) is 0 Å². The smallest absolute Gasteiger partial charge is 0.244 e. The molecule has 4 rings (SSSR count). The van der Waals surface area contributed by atoms with E-state index in [2.05, 4.69) is 23.5 Å². The van der Waals surface area contributed by atoms with Gasteiger partial charge in [0.1, 0.15) is 19.3 Å². The lowest BCUT2D eigenvalue weighted by atomic mass is 9.88. The molecule has 0 fully saturated rings. The second-order valence-electron chi connectivity index (χ2n) is 8.77. The molecule has 0 saturated heterocycles. The highest BCUT2D eigenvalue weighted by molar-refractivity contribution is 7.92. The fourth-order valence-electron chi connectivity index (χ4n) is 4.66. The maximum Gasteiger partial charge on any atom is 0.244 e. The molecule has 7 nitrogen and oxygen atoms in total. The molecular formula is C25H32N2O5S. The van der Waals surface area contributed by atoms with E-state index < -0.39 is 16.1 Å². The van der Waals surface area contributed by atoms with Crippen molar-refractivity contribution in [2.75, 3.05) is 23.8 Å². The number of sulfonamides is 1. The van der Waals surface area contributed by atoms with Crippen LogP contribution in [0.1, 0.15) is 55.8 Å². The van der Waals surface area contributed by atoms with E-state index in [0.29, 0.717) is 36.8 Å². The largest absolute Gasteiger partial charge is 0.486 e. The molecule has 0 saturated carbocycles. The summed E-state index contributed by atoms with van der Waals surface area (Å²) in [6.07, 6.45) is 6.40. The summed E-state index contributed by atoms with van der Waals surface area (Å²) in [5, 5.41) is 3.07. The molecule has 0 bridgehead atoms. The summed E-state index contributed by atoms with van der Waals surface area (Å²) in [7, 11) is -3.73. The van der Waals surface area contributed by atoms with Gasteiger partial charge >= 0.3 is 0 Å². The first-order valence-electron chi connectivity index (χ1n) is 11.6.